The van der Waals surface area contributed by atoms with Crippen LogP contribution in [0, 0.1) is 0 Å². The van der Waals surface area contributed by atoms with E-state index < -0.39 is 10.0 Å². The lowest BCUT2D eigenvalue weighted by molar-refractivity contribution is 0.400. The molecule has 0 aliphatic carbocycles. The Kier molecular flexibility index (Phi) is 4.08. The molecule has 1 rings (SSSR count). The third-order valence-electron chi connectivity index (χ3n) is 1.38. The number of thiophene rings is 1. The predicted octanol–water partition coefficient (Wildman–Crippen LogP) is 1.31. The van der Waals surface area contributed by atoms with Gasteiger partial charge in [0.05, 0.1) is 10.5 Å². The quantitative estimate of drug-likeness (QED) is 0.853. The Morgan fingerprint density at radius 1 is 1.50 bits per heavy atom. The summed E-state index contributed by atoms with van der Waals surface area (Å²) in [5.41, 5.74) is 0. The van der Waals surface area contributed by atoms with Crippen LogP contribution in [0.3, 0.4) is 0 Å². The van der Waals surface area contributed by atoms with Crippen LogP contribution in [-0.4, -0.2) is 34.1 Å². The van der Waals surface area contributed by atoms with Gasteiger partial charge in [-0.2, -0.15) is 4.72 Å². The molecule has 0 aliphatic heterocycles. The predicted molar refractivity (Wildman–Crippen MR) is 60.9 cm³/mol. The summed E-state index contributed by atoms with van der Waals surface area (Å²) in [6, 6.07) is 3.29. The third-order valence-corrected chi connectivity index (χ3v) is 4.89. The molecule has 0 spiro atoms. The SMILES string of the molecule is CN(C)CNS(=O)(=O)c1ccc(Br)s1. The summed E-state index contributed by atoms with van der Waals surface area (Å²) in [7, 11) is 0.259. The first-order chi connectivity index (χ1) is 6.42. The van der Waals surface area contributed by atoms with Crippen molar-refractivity contribution in [3.05, 3.63) is 15.9 Å². The maximum Gasteiger partial charge on any atom is 0.251 e. The van der Waals surface area contributed by atoms with Gasteiger partial charge in [-0.15, -0.1) is 11.3 Å². The highest BCUT2D eigenvalue weighted by molar-refractivity contribution is 9.11. The van der Waals surface area contributed by atoms with Crippen LogP contribution in [0.4, 0.5) is 0 Å². The molecular formula is C7H11BrN2O2S2. The van der Waals surface area contributed by atoms with Gasteiger partial charge in [0.1, 0.15) is 4.21 Å². The first-order valence-corrected chi connectivity index (χ1v) is 6.91. The van der Waals surface area contributed by atoms with Crippen molar-refractivity contribution in [2.24, 2.45) is 0 Å². The maximum absolute atomic E-state index is 11.6. The molecule has 80 valence electrons. The highest BCUT2D eigenvalue weighted by Crippen LogP contribution is 2.25. The fourth-order valence-electron chi connectivity index (χ4n) is 0.727. The second kappa shape index (κ2) is 4.71. The zero-order chi connectivity index (χ0) is 10.8. The van der Waals surface area contributed by atoms with Gasteiger partial charge in [-0.1, -0.05) is 0 Å². The summed E-state index contributed by atoms with van der Waals surface area (Å²) >= 11 is 4.41. The van der Waals surface area contributed by atoms with Crippen LogP contribution >= 0.6 is 27.3 Å². The highest BCUT2D eigenvalue weighted by atomic mass is 79.9. The number of nitrogens with one attached hydrogen (secondary N) is 1. The molecule has 0 bridgehead atoms. The van der Waals surface area contributed by atoms with Crippen LogP contribution in [0.2, 0.25) is 0 Å². The van der Waals surface area contributed by atoms with Crippen LogP contribution in [0.25, 0.3) is 0 Å². The molecule has 1 N–H and O–H groups in total. The van der Waals surface area contributed by atoms with Crippen molar-refractivity contribution in [2.75, 3.05) is 20.8 Å². The molecule has 0 fully saturated rings. The van der Waals surface area contributed by atoms with Gasteiger partial charge >= 0.3 is 0 Å². The van der Waals surface area contributed by atoms with Gasteiger partial charge in [0.25, 0.3) is 10.0 Å². The van der Waals surface area contributed by atoms with E-state index in [4.69, 9.17) is 0 Å². The molecule has 0 aromatic carbocycles. The van der Waals surface area contributed by atoms with Crippen LogP contribution < -0.4 is 4.72 Å². The fourth-order valence-corrected chi connectivity index (χ4v) is 3.87. The van der Waals surface area contributed by atoms with E-state index in [2.05, 4.69) is 20.7 Å². The van der Waals surface area contributed by atoms with Crippen LogP contribution in [-0.2, 0) is 10.0 Å². The normalized spacial score (nSPS) is 12.3. The number of rotatable bonds is 4. The Bertz CT molecular complexity index is 400. The van der Waals surface area contributed by atoms with E-state index in [1.54, 1.807) is 31.1 Å². The van der Waals surface area contributed by atoms with Crippen molar-refractivity contribution in [2.45, 2.75) is 4.21 Å². The zero-order valence-electron chi connectivity index (χ0n) is 7.82. The van der Waals surface area contributed by atoms with Gasteiger partial charge in [-0.3, -0.25) is 4.90 Å². The van der Waals surface area contributed by atoms with Crippen molar-refractivity contribution in [3.63, 3.8) is 0 Å². The van der Waals surface area contributed by atoms with E-state index in [0.717, 1.165) is 3.79 Å². The van der Waals surface area contributed by atoms with E-state index >= 15 is 0 Å². The molecule has 0 unspecified atom stereocenters. The van der Waals surface area contributed by atoms with Crippen LogP contribution in [0.15, 0.2) is 20.1 Å². The summed E-state index contributed by atoms with van der Waals surface area (Å²) in [5, 5.41) is 0. The third kappa shape index (κ3) is 3.32. The van der Waals surface area contributed by atoms with Gasteiger partial charge in [-0.05, 0) is 42.2 Å². The lowest BCUT2D eigenvalue weighted by Gasteiger charge is -2.10. The summed E-state index contributed by atoms with van der Waals surface area (Å²) in [6.45, 7) is 0.303. The second-order valence-electron chi connectivity index (χ2n) is 2.94. The fraction of sp³-hybridized carbons (Fsp3) is 0.429. The minimum absolute atomic E-state index is 0.303. The lowest BCUT2D eigenvalue weighted by atomic mass is 10.7. The van der Waals surface area contributed by atoms with Crippen molar-refractivity contribution >= 4 is 37.3 Å². The zero-order valence-corrected chi connectivity index (χ0v) is 11.0. The van der Waals surface area contributed by atoms with Crippen molar-refractivity contribution in [1.82, 2.24) is 9.62 Å². The van der Waals surface area contributed by atoms with Gasteiger partial charge in [0.2, 0.25) is 0 Å². The summed E-state index contributed by atoms with van der Waals surface area (Å²) < 4.78 is 26.8. The minimum Gasteiger partial charge on any atom is -0.296 e. The number of halogens is 1. The van der Waals surface area contributed by atoms with E-state index in [-0.39, 0.29) is 0 Å². The standard InChI is InChI=1S/C7H11BrN2O2S2/c1-10(2)5-9-14(11,12)7-4-3-6(8)13-7/h3-4,9H,5H2,1-2H3. The van der Waals surface area contributed by atoms with E-state index in [0.29, 0.717) is 10.9 Å². The maximum atomic E-state index is 11.6. The number of hydrogen-bond donors (Lipinski definition) is 1. The van der Waals surface area contributed by atoms with E-state index in [1.165, 1.54) is 11.3 Å². The number of sulfonamides is 1. The number of nitrogens with zero attached hydrogens (tertiary/aromatic N) is 1. The molecule has 4 nitrogen and oxygen atoms in total. The molecule has 1 heterocycles. The molecule has 1 aromatic heterocycles. The smallest absolute Gasteiger partial charge is 0.251 e. The van der Waals surface area contributed by atoms with Crippen molar-refractivity contribution in [3.8, 4) is 0 Å². The first kappa shape index (κ1) is 12.1. The lowest BCUT2D eigenvalue weighted by Crippen LogP contribution is -2.32. The average molecular weight is 299 g/mol. The van der Waals surface area contributed by atoms with Crippen molar-refractivity contribution < 1.29 is 8.42 Å². The molecule has 0 atom stereocenters. The molecule has 0 saturated heterocycles. The Labute approximate surface area is 96.1 Å². The summed E-state index contributed by atoms with van der Waals surface area (Å²) in [4.78, 5) is 1.75. The molecule has 14 heavy (non-hydrogen) atoms. The van der Waals surface area contributed by atoms with Crippen LogP contribution in [0.5, 0.6) is 0 Å². The molecule has 0 saturated carbocycles. The molecule has 0 radical (unpaired) electrons. The van der Waals surface area contributed by atoms with Gasteiger partial charge in [-0.25, -0.2) is 8.42 Å². The largest absolute Gasteiger partial charge is 0.296 e. The topological polar surface area (TPSA) is 49.4 Å². The van der Waals surface area contributed by atoms with Gasteiger partial charge < -0.3 is 0 Å². The average Bonchev–Trinajstić information content (AvgIpc) is 2.49. The monoisotopic (exact) mass is 298 g/mol. The molecule has 0 aliphatic rings. The number of hydrogen-bond acceptors (Lipinski definition) is 4. The Morgan fingerprint density at radius 3 is 2.57 bits per heavy atom. The van der Waals surface area contributed by atoms with Crippen molar-refractivity contribution in [1.29, 1.82) is 0 Å². The van der Waals surface area contributed by atoms with E-state index in [1.807, 2.05) is 0 Å². The minimum atomic E-state index is -3.34. The Balaban J connectivity index is 2.76. The Hall–Kier alpha value is 0.0500. The first-order valence-electron chi connectivity index (χ1n) is 3.81. The highest BCUT2D eigenvalue weighted by Gasteiger charge is 2.15. The summed E-state index contributed by atoms with van der Waals surface area (Å²) in [5.74, 6) is 0. The van der Waals surface area contributed by atoms with Crippen LogP contribution in [0.1, 0.15) is 0 Å². The van der Waals surface area contributed by atoms with E-state index in [9.17, 15) is 8.42 Å². The molecule has 7 heteroatoms. The molecule has 1 aromatic rings. The van der Waals surface area contributed by atoms with Gasteiger partial charge in [0.15, 0.2) is 0 Å². The van der Waals surface area contributed by atoms with Gasteiger partial charge in [0, 0.05) is 0 Å². The second-order valence-corrected chi connectivity index (χ2v) is 7.40. The molecule has 0 amide bonds. The molecular weight excluding hydrogens is 288 g/mol. The summed E-state index contributed by atoms with van der Waals surface area (Å²) in [6.07, 6.45) is 0. The Morgan fingerprint density at radius 2 is 2.14 bits per heavy atom.